The minimum atomic E-state index is -1.04. The van der Waals surface area contributed by atoms with Gasteiger partial charge in [0.25, 0.3) is 0 Å². The van der Waals surface area contributed by atoms with E-state index in [1.165, 1.54) is 12.1 Å². The normalized spacial score (nSPS) is 9.50. The number of alkyl halides is 1. The predicted octanol–water partition coefficient (Wildman–Crippen LogP) is 2.44. The quantitative estimate of drug-likeness (QED) is 0.642. The average molecular weight is 272 g/mol. The standard InChI is InChI=1S/C9H6BrNO2S/c10-3-6-5(9(12)13)1-2-8(14)7(6)4-11/h1-2,14H,3H2,(H,12,13). The van der Waals surface area contributed by atoms with Crippen molar-refractivity contribution in [2.24, 2.45) is 0 Å². The summed E-state index contributed by atoms with van der Waals surface area (Å²) in [6.07, 6.45) is 0. The summed E-state index contributed by atoms with van der Waals surface area (Å²) in [7, 11) is 0. The Morgan fingerprint density at radius 1 is 1.64 bits per heavy atom. The molecule has 1 N–H and O–H groups in total. The maximum atomic E-state index is 10.8. The number of carbonyl (C=O) groups is 1. The van der Waals surface area contributed by atoms with Gasteiger partial charge in [-0.1, -0.05) is 15.9 Å². The third-order valence-corrected chi connectivity index (χ3v) is 2.70. The first-order chi connectivity index (χ1) is 6.61. The number of thiol groups is 1. The second kappa shape index (κ2) is 4.49. The van der Waals surface area contributed by atoms with Crippen molar-refractivity contribution in [3.05, 3.63) is 28.8 Å². The van der Waals surface area contributed by atoms with Crippen LogP contribution < -0.4 is 0 Å². The van der Waals surface area contributed by atoms with E-state index in [1.807, 2.05) is 6.07 Å². The molecule has 0 bridgehead atoms. The molecule has 0 aliphatic carbocycles. The molecule has 1 aromatic rings. The Hall–Kier alpha value is -0.990. The molecule has 0 aromatic heterocycles. The maximum Gasteiger partial charge on any atom is 0.336 e. The number of halogens is 1. The van der Waals surface area contributed by atoms with Crippen molar-refractivity contribution < 1.29 is 9.90 Å². The van der Waals surface area contributed by atoms with E-state index in [2.05, 4.69) is 28.6 Å². The summed E-state index contributed by atoms with van der Waals surface area (Å²) < 4.78 is 0. The van der Waals surface area contributed by atoms with Crippen LogP contribution in [0.25, 0.3) is 0 Å². The van der Waals surface area contributed by atoms with E-state index >= 15 is 0 Å². The van der Waals surface area contributed by atoms with E-state index < -0.39 is 5.97 Å². The number of benzene rings is 1. The lowest BCUT2D eigenvalue weighted by atomic mass is 10.0. The fraction of sp³-hybridized carbons (Fsp3) is 0.111. The van der Waals surface area contributed by atoms with Gasteiger partial charge in [-0.2, -0.15) is 5.26 Å². The van der Waals surface area contributed by atoms with Crippen molar-refractivity contribution in [2.75, 3.05) is 0 Å². The highest BCUT2D eigenvalue weighted by molar-refractivity contribution is 9.08. The zero-order valence-electron chi connectivity index (χ0n) is 6.99. The van der Waals surface area contributed by atoms with Gasteiger partial charge in [0.15, 0.2) is 0 Å². The Morgan fingerprint density at radius 3 is 2.71 bits per heavy atom. The topological polar surface area (TPSA) is 61.1 Å². The van der Waals surface area contributed by atoms with E-state index in [9.17, 15) is 4.79 Å². The number of nitrogens with zero attached hydrogens (tertiary/aromatic N) is 1. The summed E-state index contributed by atoms with van der Waals surface area (Å²) in [5.41, 5.74) is 0.911. The second-order valence-corrected chi connectivity index (χ2v) is 3.58. The Kier molecular flexibility index (Phi) is 3.55. The van der Waals surface area contributed by atoms with E-state index in [-0.39, 0.29) is 5.56 Å². The molecule has 0 saturated heterocycles. The van der Waals surface area contributed by atoms with Crippen molar-refractivity contribution in [1.82, 2.24) is 0 Å². The van der Waals surface area contributed by atoms with Crippen LogP contribution in [0.2, 0.25) is 0 Å². The first-order valence-electron chi connectivity index (χ1n) is 3.66. The summed E-state index contributed by atoms with van der Waals surface area (Å²) in [6.45, 7) is 0. The molecule has 0 aliphatic rings. The smallest absolute Gasteiger partial charge is 0.336 e. The lowest BCUT2D eigenvalue weighted by Crippen LogP contribution is -2.03. The van der Waals surface area contributed by atoms with Gasteiger partial charge in [-0.3, -0.25) is 0 Å². The zero-order valence-corrected chi connectivity index (χ0v) is 9.47. The monoisotopic (exact) mass is 271 g/mol. The molecule has 0 heterocycles. The Balaban J connectivity index is 3.50. The Bertz CT molecular complexity index is 426. The fourth-order valence-electron chi connectivity index (χ4n) is 1.10. The molecule has 0 saturated carbocycles. The minimum absolute atomic E-state index is 0.135. The fourth-order valence-corrected chi connectivity index (χ4v) is 1.94. The lowest BCUT2D eigenvalue weighted by Gasteiger charge is -2.06. The zero-order chi connectivity index (χ0) is 10.7. The van der Waals surface area contributed by atoms with Crippen LogP contribution in [0.4, 0.5) is 0 Å². The van der Waals surface area contributed by atoms with E-state index in [0.717, 1.165) is 0 Å². The number of nitriles is 1. The highest BCUT2D eigenvalue weighted by Crippen LogP contribution is 2.23. The van der Waals surface area contributed by atoms with Crippen LogP contribution in [0.5, 0.6) is 0 Å². The summed E-state index contributed by atoms with van der Waals surface area (Å²) in [4.78, 5) is 11.3. The molecular weight excluding hydrogens is 266 g/mol. The maximum absolute atomic E-state index is 10.8. The minimum Gasteiger partial charge on any atom is -0.478 e. The third-order valence-electron chi connectivity index (χ3n) is 1.77. The largest absolute Gasteiger partial charge is 0.478 e. The van der Waals surface area contributed by atoms with E-state index in [0.29, 0.717) is 21.4 Å². The first-order valence-corrected chi connectivity index (χ1v) is 5.23. The molecule has 0 spiro atoms. The number of hydrogen-bond donors (Lipinski definition) is 2. The van der Waals surface area contributed by atoms with Crippen LogP contribution in [0.1, 0.15) is 21.5 Å². The van der Waals surface area contributed by atoms with Crippen LogP contribution in [-0.2, 0) is 5.33 Å². The van der Waals surface area contributed by atoms with Gasteiger partial charge in [-0.15, -0.1) is 12.6 Å². The molecule has 3 nitrogen and oxygen atoms in total. The molecule has 0 fully saturated rings. The van der Waals surface area contributed by atoms with Gasteiger partial charge in [-0.05, 0) is 17.7 Å². The highest BCUT2D eigenvalue weighted by atomic mass is 79.9. The second-order valence-electron chi connectivity index (χ2n) is 2.54. The van der Waals surface area contributed by atoms with Crippen LogP contribution in [-0.4, -0.2) is 11.1 Å². The van der Waals surface area contributed by atoms with Crippen molar-refractivity contribution in [3.8, 4) is 6.07 Å². The van der Waals surface area contributed by atoms with Gasteiger partial charge in [0.1, 0.15) is 6.07 Å². The van der Waals surface area contributed by atoms with Gasteiger partial charge in [0, 0.05) is 10.2 Å². The Labute approximate surface area is 94.9 Å². The molecule has 0 unspecified atom stereocenters. The molecule has 14 heavy (non-hydrogen) atoms. The van der Waals surface area contributed by atoms with Crippen LogP contribution in [0.15, 0.2) is 17.0 Å². The van der Waals surface area contributed by atoms with Crippen LogP contribution in [0, 0.1) is 11.3 Å². The van der Waals surface area contributed by atoms with E-state index in [4.69, 9.17) is 10.4 Å². The van der Waals surface area contributed by atoms with Crippen LogP contribution >= 0.6 is 28.6 Å². The number of carboxylic acids is 1. The molecule has 1 aromatic carbocycles. The first kappa shape index (κ1) is 11.1. The van der Waals surface area contributed by atoms with Crippen LogP contribution in [0.3, 0.4) is 0 Å². The molecule has 72 valence electrons. The van der Waals surface area contributed by atoms with E-state index in [1.54, 1.807) is 0 Å². The number of aromatic carboxylic acids is 1. The van der Waals surface area contributed by atoms with Crippen molar-refractivity contribution in [2.45, 2.75) is 10.2 Å². The number of hydrogen-bond acceptors (Lipinski definition) is 3. The van der Waals surface area contributed by atoms with Gasteiger partial charge >= 0.3 is 5.97 Å². The molecule has 0 aliphatic heterocycles. The molecule has 0 radical (unpaired) electrons. The highest BCUT2D eigenvalue weighted by Gasteiger charge is 2.14. The molecule has 1 rings (SSSR count). The summed E-state index contributed by atoms with van der Waals surface area (Å²) in [5.74, 6) is -1.04. The van der Waals surface area contributed by atoms with Crippen molar-refractivity contribution >= 4 is 34.5 Å². The molecule has 0 atom stereocenters. The van der Waals surface area contributed by atoms with Gasteiger partial charge in [0.05, 0.1) is 11.1 Å². The molecular formula is C9H6BrNO2S. The number of rotatable bonds is 2. The van der Waals surface area contributed by atoms with Gasteiger partial charge in [0.2, 0.25) is 0 Å². The molecule has 0 amide bonds. The Morgan fingerprint density at radius 2 is 2.29 bits per heavy atom. The SMILES string of the molecule is N#Cc1c(S)ccc(C(=O)O)c1CBr. The number of carboxylic acid groups (broad SMARTS) is 1. The van der Waals surface area contributed by atoms with Crippen molar-refractivity contribution in [3.63, 3.8) is 0 Å². The predicted molar refractivity (Wildman–Crippen MR) is 58.0 cm³/mol. The molecule has 5 heteroatoms. The summed E-state index contributed by atoms with van der Waals surface area (Å²) >= 11 is 7.24. The van der Waals surface area contributed by atoms with Crippen molar-refractivity contribution in [1.29, 1.82) is 5.26 Å². The van der Waals surface area contributed by atoms with Gasteiger partial charge < -0.3 is 5.11 Å². The lowest BCUT2D eigenvalue weighted by molar-refractivity contribution is 0.0696. The third kappa shape index (κ3) is 1.91. The average Bonchev–Trinajstić information content (AvgIpc) is 2.16. The summed E-state index contributed by atoms with van der Waals surface area (Å²) in [5, 5.41) is 18.0. The van der Waals surface area contributed by atoms with Gasteiger partial charge in [-0.25, -0.2) is 4.79 Å². The summed E-state index contributed by atoms with van der Waals surface area (Å²) in [6, 6.07) is 4.90.